The summed E-state index contributed by atoms with van der Waals surface area (Å²) in [5.74, 6) is 0. The highest BCUT2D eigenvalue weighted by Crippen LogP contribution is 2.12. The molecule has 2 aromatic carbocycles. The molecule has 0 atom stereocenters. The normalized spacial score (nSPS) is 11.5. The van der Waals surface area contributed by atoms with E-state index in [4.69, 9.17) is 5.73 Å². The number of para-hydroxylation sites is 1. The van der Waals surface area contributed by atoms with Gasteiger partial charge in [-0.3, -0.25) is 4.99 Å². The third-order valence-corrected chi connectivity index (χ3v) is 2.69. The number of anilines is 1. The second-order valence-corrected chi connectivity index (χ2v) is 3.97. The summed E-state index contributed by atoms with van der Waals surface area (Å²) in [7, 11) is 0. The SMILES string of the molecule is CC(=NCc1ccccc1)c1ccccc1N. The van der Waals surface area contributed by atoms with E-state index in [2.05, 4.69) is 17.1 Å². The highest BCUT2D eigenvalue weighted by molar-refractivity contribution is 6.02. The van der Waals surface area contributed by atoms with Gasteiger partial charge in [0.15, 0.2) is 0 Å². The highest BCUT2D eigenvalue weighted by Gasteiger charge is 2.00. The number of hydrogen-bond acceptors (Lipinski definition) is 2. The molecule has 0 spiro atoms. The van der Waals surface area contributed by atoms with Crippen molar-refractivity contribution in [2.75, 3.05) is 5.73 Å². The highest BCUT2D eigenvalue weighted by atomic mass is 14.7. The monoisotopic (exact) mass is 224 g/mol. The fraction of sp³-hybridized carbons (Fsp3) is 0.133. The quantitative estimate of drug-likeness (QED) is 0.630. The third kappa shape index (κ3) is 2.94. The lowest BCUT2D eigenvalue weighted by Crippen LogP contribution is -2.01. The van der Waals surface area contributed by atoms with Gasteiger partial charge in [0.2, 0.25) is 0 Å². The zero-order chi connectivity index (χ0) is 12.1. The molecule has 0 fully saturated rings. The zero-order valence-electron chi connectivity index (χ0n) is 9.93. The number of rotatable bonds is 3. The van der Waals surface area contributed by atoms with Crippen molar-refractivity contribution in [3.8, 4) is 0 Å². The number of hydrogen-bond donors (Lipinski definition) is 1. The smallest absolute Gasteiger partial charge is 0.0643 e. The molecule has 2 aromatic rings. The minimum absolute atomic E-state index is 0.695. The van der Waals surface area contributed by atoms with Crippen molar-refractivity contribution < 1.29 is 0 Å². The van der Waals surface area contributed by atoms with Gasteiger partial charge in [0, 0.05) is 17.0 Å². The van der Waals surface area contributed by atoms with Crippen LogP contribution < -0.4 is 5.73 Å². The minimum atomic E-state index is 0.695. The fourth-order valence-electron chi connectivity index (χ4n) is 1.70. The maximum Gasteiger partial charge on any atom is 0.0643 e. The van der Waals surface area contributed by atoms with Crippen LogP contribution in [0.2, 0.25) is 0 Å². The fourth-order valence-corrected chi connectivity index (χ4v) is 1.70. The molecule has 2 N–H and O–H groups in total. The lowest BCUT2D eigenvalue weighted by atomic mass is 10.1. The zero-order valence-corrected chi connectivity index (χ0v) is 9.93. The molecule has 0 aliphatic heterocycles. The van der Waals surface area contributed by atoms with Crippen molar-refractivity contribution in [3.63, 3.8) is 0 Å². The first-order valence-corrected chi connectivity index (χ1v) is 5.67. The molecule has 0 saturated heterocycles. The largest absolute Gasteiger partial charge is 0.398 e. The summed E-state index contributed by atoms with van der Waals surface area (Å²) < 4.78 is 0. The van der Waals surface area contributed by atoms with Crippen LogP contribution >= 0.6 is 0 Å². The molecule has 0 unspecified atom stereocenters. The summed E-state index contributed by atoms with van der Waals surface area (Å²) in [5, 5.41) is 0. The third-order valence-electron chi connectivity index (χ3n) is 2.69. The summed E-state index contributed by atoms with van der Waals surface area (Å²) in [6.45, 7) is 2.69. The first-order valence-electron chi connectivity index (χ1n) is 5.67. The molecular formula is C15H16N2. The van der Waals surface area contributed by atoms with Gasteiger partial charge in [-0.2, -0.15) is 0 Å². The molecule has 2 heteroatoms. The Morgan fingerprint density at radius 3 is 2.35 bits per heavy atom. The van der Waals surface area contributed by atoms with E-state index in [1.54, 1.807) is 0 Å². The molecule has 0 bridgehead atoms. The topological polar surface area (TPSA) is 38.4 Å². The number of nitrogens with two attached hydrogens (primary N) is 1. The predicted octanol–water partition coefficient (Wildman–Crippen LogP) is 3.28. The van der Waals surface area contributed by atoms with E-state index >= 15 is 0 Å². The molecule has 2 nitrogen and oxygen atoms in total. The molecular weight excluding hydrogens is 208 g/mol. The van der Waals surface area contributed by atoms with Crippen LogP contribution in [-0.4, -0.2) is 5.71 Å². The van der Waals surface area contributed by atoms with E-state index in [0.29, 0.717) is 6.54 Å². The molecule has 17 heavy (non-hydrogen) atoms. The lowest BCUT2D eigenvalue weighted by molar-refractivity contribution is 1.06. The molecule has 2 rings (SSSR count). The van der Waals surface area contributed by atoms with Crippen LogP contribution in [-0.2, 0) is 6.54 Å². The number of nitrogens with zero attached hydrogens (tertiary/aromatic N) is 1. The van der Waals surface area contributed by atoms with Crippen LogP contribution in [0.5, 0.6) is 0 Å². The molecule has 0 amide bonds. The maximum absolute atomic E-state index is 5.91. The number of nitrogen functional groups attached to an aromatic ring is 1. The average molecular weight is 224 g/mol. The van der Waals surface area contributed by atoms with Gasteiger partial charge in [-0.25, -0.2) is 0 Å². The molecule has 86 valence electrons. The van der Waals surface area contributed by atoms with Crippen LogP contribution in [0.15, 0.2) is 59.6 Å². The van der Waals surface area contributed by atoms with Crippen LogP contribution in [0.25, 0.3) is 0 Å². The second-order valence-electron chi connectivity index (χ2n) is 3.97. The Labute approximate surface area is 102 Å². The van der Waals surface area contributed by atoms with Gasteiger partial charge in [0.05, 0.1) is 6.54 Å². The van der Waals surface area contributed by atoms with E-state index in [0.717, 1.165) is 17.0 Å². The maximum atomic E-state index is 5.91. The average Bonchev–Trinajstić information content (AvgIpc) is 2.38. The summed E-state index contributed by atoms with van der Waals surface area (Å²) in [6, 6.07) is 18.0. The van der Waals surface area contributed by atoms with Gasteiger partial charge in [-0.1, -0.05) is 48.5 Å². The standard InChI is InChI=1S/C15H16N2/c1-12(14-9-5-6-10-15(14)16)17-11-13-7-3-2-4-8-13/h2-10H,11,16H2,1H3. The van der Waals surface area contributed by atoms with Crippen LogP contribution in [0.3, 0.4) is 0 Å². The summed E-state index contributed by atoms with van der Waals surface area (Å²) in [5.41, 5.74) is 9.89. The van der Waals surface area contributed by atoms with Crippen LogP contribution in [0, 0.1) is 0 Å². The van der Waals surface area contributed by atoms with Crippen molar-refractivity contribution in [1.82, 2.24) is 0 Å². The number of benzene rings is 2. The Kier molecular flexibility index (Phi) is 3.55. The minimum Gasteiger partial charge on any atom is -0.398 e. The van der Waals surface area contributed by atoms with Gasteiger partial charge >= 0.3 is 0 Å². The van der Waals surface area contributed by atoms with Gasteiger partial charge < -0.3 is 5.73 Å². The van der Waals surface area contributed by atoms with Crippen molar-refractivity contribution in [2.45, 2.75) is 13.5 Å². The van der Waals surface area contributed by atoms with E-state index in [-0.39, 0.29) is 0 Å². The number of aliphatic imine (C=N–C) groups is 1. The van der Waals surface area contributed by atoms with Gasteiger partial charge in [-0.15, -0.1) is 0 Å². The van der Waals surface area contributed by atoms with Gasteiger partial charge in [0.1, 0.15) is 0 Å². The Hall–Kier alpha value is -2.09. The predicted molar refractivity (Wildman–Crippen MR) is 73.2 cm³/mol. The first-order chi connectivity index (χ1) is 8.27. The van der Waals surface area contributed by atoms with Crippen molar-refractivity contribution in [1.29, 1.82) is 0 Å². The summed E-state index contributed by atoms with van der Waals surface area (Å²) in [6.07, 6.45) is 0. The second kappa shape index (κ2) is 5.30. The van der Waals surface area contributed by atoms with Crippen molar-refractivity contribution in [3.05, 3.63) is 65.7 Å². The van der Waals surface area contributed by atoms with E-state index in [1.165, 1.54) is 5.56 Å². The molecule has 0 radical (unpaired) electrons. The Balaban J connectivity index is 2.16. The first kappa shape index (κ1) is 11.4. The molecule has 0 heterocycles. The summed E-state index contributed by atoms with van der Waals surface area (Å²) >= 11 is 0. The molecule has 0 aliphatic rings. The van der Waals surface area contributed by atoms with E-state index in [9.17, 15) is 0 Å². The van der Waals surface area contributed by atoms with Crippen molar-refractivity contribution in [2.24, 2.45) is 4.99 Å². The lowest BCUT2D eigenvalue weighted by Gasteiger charge is -2.04. The van der Waals surface area contributed by atoms with Crippen LogP contribution in [0.4, 0.5) is 5.69 Å². The van der Waals surface area contributed by atoms with E-state index < -0.39 is 0 Å². The van der Waals surface area contributed by atoms with Crippen LogP contribution in [0.1, 0.15) is 18.1 Å². The Morgan fingerprint density at radius 1 is 1.00 bits per heavy atom. The molecule has 0 saturated carbocycles. The van der Waals surface area contributed by atoms with Gasteiger partial charge in [0.25, 0.3) is 0 Å². The van der Waals surface area contributed by atoms with E-state index in [1.807, 2.05) is 49.4 Å². The Bertz CT molecular complexity index is 515. The van der Waals surface area contributed by atoms with Crippen molar-refractivity contribution >= 4 is 11.4 Å². The molecule has 0 aliphatic carbocycles. The molecule has 0 aromatic heterocycles. The van der Waals surface area contributed by atoms with Gasteiger partial charge in [-0.05, 0) is 18.6 Å². The summed E-state index contributed by atoms with van der Waals surface area (Å²) in [4.78, 5) is 4.56. The Morgan fingerprint density at radius 2 is 1.65 bits per heavy atom.